The monoisotopic (exact) mass is 482 g/mol. The number of nitrogens with one attached hydrogen (secondary N) is 1. The summed E-state index contributed by atoms with van der Waals surface area (Å²) in [5.41, 5.74) is -1.72. The van der Waals surface area contributed by atoms with Gasteiger partial charge in [0, 0.05) is 41.9 Å². The standard InChI is InChI=1S/C25H26N2O8/c1-25(2,3)35-24(34)26-13-5-4-6-27(11-13)23(33)12-7-15-19(17(29)8-12)22(32)20-16(21(15)31)9-14(28)10-18(20)30/h7-10,13,28-30H,4-6,11H2,1-3H3,(H,26,34)/t13-/m0/s1. The molecule has 0 bridgehead atoms. The van der Waals surface area contributed by atoms with E-state index in [1.807, 2.05) is 0 Å². The fourth-order valence-electron chi connectivity index (χ4n) is 4.40. The lowest BCUT2D eigenvalue weighted by molar-refractivity contribution is 0.0452. The number of phenolic OH excluding ortho intramolecular Hbond substituents is 3. The zero-order chi connectivity index (χ0) is 25.7. The maximum absolute atomic E-state index is 13.2. The second kappa shape index (κ2) is 8.61. The van der Waals surface area contributed by atoms with Crippen molar-refractivity contribution >= 4 is 23.6 Å². The number of hydrogen-bond donors (Lipinski definition) is 4. The number of ether oxygens (including phenoxy) is 1. The van der Waals surface area contributed by atoms with Crippen LogP contribution in [0.5, 0.6) is 17.2 Å². The fourth-order valence-corrected chi connectivity index (χ4v) is 4.40. The topological polar surface area (TPSA) is 153 Å². The number of fused-ring (bicyclic) bond motifs is 2. The van der Waals surface area contributed by atoms with Crippen molar-refractivity contribution in [1.29, 1.82) is 0 Å². The Morgan fingerprint density at radius 3 is 2.26 bits per heavy atom. The number of alkyl carbamates (subject to hydrolysis) is 1. The predicted molar refractivity (Wildman–Crippen MR) is 123 cm³/mol. The second-order valence-electron chi connectivity index (χ2n) is 9.70. The van der Waals surface area contributed by atoms with Crippen LogP contribution in [0.4, 0.5) is 4.79 Å². The Bertz CT molecular complexity index is 1260. The van der Waals surface area contributed by atoms with Crippen molar-refractivity contribution in [3.63, 3.8) is 0 Å². The number of benzene rings is 2. The minimum atomic E-state index is -0.789. The molecule has 0 radical (unpaired) electrons. The molecule has 1 fully saturated rings. The fraction of sp³-hybridized carbons (Fsp3) is 0.360. The highest BCUT2D eigenvalue weighted by Crippen LogP contribution is 2.39. The van der Waals surface area contributed by atoms with Gasteiger partial charge in [0.1, 0.15) is 22.8 Å². The third-order valence-corrected chi connectivity index (χ3v) is 5.84. The van der Waals surface area contributed by atoms with Gasteiger partial charge >= 0.3 is 6.09 Å². The first-order valence-electron chi connectivity index (χ1n) is 11.2. The van der Waals surface area contributed by atoms with E-state index < -0.39 is 46.4 Å². The summed E-state index contributed by atoms with van der Waals surface area (Å²) in [6.45, 7) is 5.85. The predicted octanol–water partition coefficient (Wildman–Crippen LogP) is 2.71. The molecule has 2 aromatic carbocycles. The molecule has 0 unspecified atom stereocenters. The molecule has 4 N–H and O–H groups in total. The van der Waals surface area contributed by atoms with Crippen LogP contribution in [-0.4, -0.2) is 68.5 Å². The van der Waals surface area contributed by atoms with Crippen LogP contribution >= 0.6 is 0 Å². The lowest BCUT2D eigenvalue weighted by atomic mass is 9.82. The third kappa shape index (κ3) is 4.64. The molecule has 10 nitrogen and oxygen atoms in total. The molecular weight excluding hydrogens is 456 g/mol. The molecule has 0 spiro atoms. The van der Waals surface area contributed by atoms with Crippen molar-refractivity contribution < 1.29 is 39.2 Å². The van der Waals surface area contributed by atoms with Gasteiger partial charge in [-0.15, -0.1) is 0 Å². The maximum Gasteiger partial charge on any atom is 0.407 e. The molecule has 0 saturated carbocycles. The van der Waals surface area contributed by atoms with Gasteiger partial charge < -0.3 is 30.3 Å². The van der Waals surface area contributed by atoms with Gasteiger partial charge in [0.15, 0.2) is 5.78 Å². The largest absolute Gasteiger partial charge is 0.508 e. The first-order valence-corrected chi connectivity index (χ1v) is 11.2. The molecule has 2 aromatic rings. The van der Waals surface area contributed by atoms with Gasteiger partial charge in [0.25, 0.3) is 5.91 Å². The highest BCUT2D eigenvalue weighted by Gasteiger charge is 2.36. The number of carbonyl (C=O) groups excluding carboxylic acids is 4. The zero-order valence-electron chi connectivity index (χ0n) is 19.5. The third-order valence-electron chi connectivity index (χ3n) is 5.84. The van der Waals surface area contributed by atoms with E-state index in [-0.39, 0.29) is 40.4 Å². The second-order valence-corrected chi connectivity index (χ2v) is 9.70. The lowest BCUT2D eigenvalue weighted by Gasteiger charge is -2.34. The molecule has 1 atom stereocenters. The average Bonchev–Trinajstić information content (AvgIpc) is 2.74. The van der Waals surface area contributed by atoms with Crippen LogP contribution in [0.25, 0.3) is 0 Å². The molecule has 2 amide bonds. The van der Waals surface area contributed by atoms with Crippen molar-refractivity contribution in [3.8, 4) is 17.2 Å². The molecule has 0 aromatic heterocycles. The number of ketones is 2. The molecule has 1 heterocycles. The Hall–Kier alpha value is -4.08. The number of piperidine rings is 1. The Balaban J connectivity index is 1.59. The van der Waals surface area contributed by atoms with E-state index in [4.69, 9.17) is 4.74 Å². The quantitative estimate of drug-likeness (QED) is 0.435. The van der Waals surface area contributed by atoms with E-state index in [2.05, 4.69) is 5.32 Å². The maximum atomic E-state index is 13.2. The van der Waals surface area contributed by atoms with Crippen molar-refractivity contribution in [1.82, 2.24) is 10.2 Å². The molecule has 1 aliphatic heterocycles. The molecule has 1 aliphatic carbocycles. The molecule has 1 saturated heterocycles. The lowest BCUT2D eigenvalue weighted by Crippen LogP contribution is -2.50. The van der Waals surface area contributed by atoms with Crippen LogP contribution in [0.15, 0.2) is 24.3 Å². The normalized spacial score (nSPS) is 17.5. The van der Waals surface area contributed by atoms with Gasteiger partial charge in [-0.25, -0.2) is 4.79 Å². The molecule has 184 valence electrons. The van der Waals surface area contributed by atoms with Crippen LogP contribution in [0.1, 0.15) is 75.8 Å². The Morgan fingerprint density at radius 2 is 1.60 bits per heavy atom. The number of carbonyl (C=O) groups is 4. The summed E-state index contributed by atoms with van der Waals surface area (Å²) in [6, 6.07) is 3.99. The van der Waals surface area contributed by atoms with Crippen molar-refractivity contribution in [2.45, 2.75) is 45.3 Å². The summed E-state index contributed by atoms with van der Waals surface area (Å²) in [4.78, 5) is 52.9. The van der Waals surface area contributed by atoms with E-state index in [0.717, 1.165) is 18.2 Å². The number of nitrogens with zero attached hydrogens (tertiary/aromatic N) is 1. The molecule has 35 heavy (non-hydrogen) atoms. The van der Waals surface area contributed by atoms with E-state index in [0.29, 0.717) is 19.4 Å². The van der Waals surface area contributed by atoms with E-state index in [9.17, 15) is 34.5 Å². The van der Waals surface area contributed by atoms with Crippen LogP contribution < -0.4 is 5.32 Å². The SMILES string of the molecule is CC(C)(C)OC(=O)N[C@H]1CCCN(C(=O)c2cc(O)c3c(c2)C(=O)c2cc(O)cc(O)c2C3=O)C1. The molecular formula is C25H26N2O8. The van der Waals surface area contributed by atoms with Crippen molar-refractivity contribution in [2.75, 3.05) is 13.1 Å². The van der Waals surface area contributed by atoms with Gasteiger partial charge in [0.05, 0.1) is 11.1 Å². The van der Waals surface area contributed by atoms with Gasteiger partial charge in [-0.3, -0.25) is 14.4 Å². The van der Waals surface area contributed by atoms with Crippen LogP contribution in [-0.2, 0) is 4.74 Å². The van der Waals surface area contributed by atoms with E-state index in [1.165, 1.54) is 11.0 Å². The van der Waals surface area contributed by atoms with Gasteiger partial charge in [-0.1, -0.05) is 0 Å². The number of rotatable bonds is 2. The number of aromatic hydroxyl groups is 3. The number of likely N-dealkylation sites (tertiary alicyclic amines) is 1. The minimum absolute atomic E-state index is 0.00635. The minimum Gasteiger partial charge on any atom is -0.508 e. The Morgan fingerprint density at radius 1 is 0.971 bits per heavy atom. The molecule has 4 rings (SSSR count). The van der Waals surface area contributed by atoms with Crippen molar-refractivity contribution in [2.24, 2.45) is 0 Å². The first-order chi connectivity index (χ1) is 16.4. The summed E-state index contributed by atoms with van der Waals surface area (Å²) in [5, 5.41) is 33.2. The number of amides is 2. The molecule has 2 aliphatic rings. The van der Waals surface area contributed by atoms with Crippen molar-refractivity contribution in [3.05, 3.63) is 52.1 Å². The van der Waals surface area contributed by atoms with E-state index in [1.54, 1.807) is 20.8 Å². The highest BCUT2D eigenvalue weighted by molar-refractivity contribution is 6.30. The first kappa shape index (κ1) is 24.1. The summed E-state index contributed by atoms with van der Waals surface area (Å²) in [6.07, 6.45) is 0.680. The van der Waals surface area contributed by atoms with Gasteiger partial charge in [0.2, 0.25) is 5.78 Å². The van der Waals surface area contributed by atoms with Crippen LogP contribution in [0.3, 0.4) is 0 Å². The Labute approximate surface area is 201 Å². The summed E-state index contributed by atoms with van der Waals surface area (Å²) < 4.78 is 5.27. The summed E-state index contributed by atoms with van der Waals surface area (Å²) in [7, 11) is 0. The van der Waals surface area contributed by atoms with Crippen LogP contribution in [0.2, 0.25) is 0 Å². The number of phenols is 3. The molecule has 10 heteroatoms. The highest BCUT2D eigenvalue weighted by atomic mass is 16.6. The smallest absolute Gasteiger partial charge is 0.407 e. The summed E-state index contributed by atoms with van der Waals surface area (Å²) >= 11 is 0. The van der Waals surface area contributed by atoms with Crippen LogP contribution in [0, 0.1) is 0 Å². The van der Waals surface area contributed by atoms with Gasteiger partial charge in [-0.2, -0.15) is 0 Å². The van der Waals surface area contributed by atoms with Gasteiger partial charge in [-0.05, 0) is 51.8 Å². The zero-order valence-corrected chi connectivity index (χ0v) is 19.5. The number of hydrogen-bond acceptors (Lipinski definition) is 8. The average molecular weight is 482 g/mol. The summed E-state index contributed by atoms with van der Waals surface area (Å²) in [5.74, 6) is -3.54. The van der Waals surface area contributed by atoms with E-state index >= 15 is 0 Å². The Kier molecular flexibility index (Phi) is 5.92.